The molecule has 2 aromatic carbocycles. The maximum atomic E-state index is 4.75. The molecular formula is C25H27N7. The van der Waals surface area contributed by atoms with E-state index in [0.29, 0.717) is 12.0 Å². The Morgan fingerprint density at radius 3 is 2.84 bits per heavy atom. The Labute approximate surface area is 187 Å². The third kappa shape index (κ3) is 3.48. The molecule has 0 saturated carbocycles. The fourth-order valence-corrected chi connectivity index (χ4v) is 4.96. The van der Waals surface area contributed by atoms with Gasteiger partial charge in [-0.25, -0.2) is 9.97 Å². The van der Waals surface area contributed by atoms with Gasteiger partial charge in [0.05, 0.1) is 23.7 Å². The van der Waals surface area contributed by atoms with Gasteiger partial charge in [0.1, 0.15) is 12.1 Å². The Kier molecular flexibility index (Phi) is 4.76. The van der Waals surface area contributed by atoms with Crippen molar-refractivity contribution in [2.24, 2.45) is 0 Å². The summed E-state index contributed by atoms with van der Waals surface area (Å²) in [4.78, 5) is 18.9. The van der Waals surface area contributed by atoms with Gasteiger partial charge in [0.25, 0.3) is 0 Å². The number of hydrogen-bond acceptors (Lipinski definition) is 6. The van der Waals surface area contributed by atoms with E-state index in [1.54, 1.807) is 6.20 Å². The normalized spacial score (nSPS) is 19.4. The Balaban J connectivity index is 1.25. The monoisotopic (exact) mass is 425 g/mol. The van der Waals surface area contributed by atoms with Crippen LogP contribution < -0.4 is 10.2 Å². The SMILES string of the molecule is CC(Nc1nccc(-n2cnc3cc(N4CC5CCCN5C4)ccc32)n1)c1ccccc1. The highest BCUT2D eigenvalue weighted by molar-refractivity contribution is 5.81. The number of imidazole rings is 1. The van der Waals surface area contributed by atoms with E-state index in [9.17, 15) is 0 Å². The highest BCUT2D eigenvalue weighted by Gasteiger charge is 2.33. The molecule has 4 aromatic rings. The number of rotatable bonds is 5. The molecule has 2 atom stereocenters. The van der Waals surface area contributed by atoms with Crippen LogP contribution in [0.3, 0.4) is 0 Å². The lowest BCUT2D eigenvalue weighted by Gasteiger charge is -2.19. The minimum absolute atomic E-state index is 0.115. The molecule has 162 valence electrons. The molecule has 0 bridgehead atoms. The first kappa shape index (κ1) is 19.3. The number of aromatic nitrogens is 4. The average molecular weight is 426 g/mol. The predicted octanol–water partition coefficient (Wildman–Crippen LogP) is 4.23. The number of benzene rings is 2. The van der Waals surface area contributed by atoms with Gasteiger partial charge in [0, 0.05) is 31.0 Å². The van der Waals surface area contributed by atoms with E-state index in [2.05, 4.69) is 62.3 Å². The second-order valence-electron chi connectivity index (χ2n) is 8.77. The Morgan fingerprint density at radius 1 is 1.06 bits per heavy atom. The summed E-state index contributed by atoms with van der Waals surface area (Å²) in [5.41, 5.74) is 4.48. The quantitative estimate of drug-likeness (QED) is 0.516. The summed E-state index contributed by atoms with van der Waals surface area (Å²) in [6.07, 6.45) is 6.30. The summed E-state index contributed by atoms with van der Waals surface area (Å²) in [7, 11) is 0. The lowest BCUT2D eigenvalue weighted by molar-refractivity contribution is 0.330. The van der Waals surface area contributed by atoms with Crippen molar-refractivity contribution in [2.45, 2.75) is 31.8 Å². The molecule has 2 unspecified atom stereocenters. The van der Waals surface area contributed by atoms with Gasteiger partial charge in [0.2, 0.25) is 5.95 Å². The molecule has 0 aliphatic carbocycles. The number of nitrogens with one attached hydrogen (secondary N) is 1. The first-order chi connectivity index (χ1) is 15.7. The summed E-state index contributed by atoms with van der Waals surface area (Å²) in [6.45, 7) is 5.48. The van der Waals surface area contributed by atoms with E-state index in [-0.39, 0.29) is 6.04 Å². The molecule has 0 amide bonds. The molecule has 6 rings (SSSR count). The van der Waals surface area contributed by atoms with Crippen LogP contribution in [0, 0.1) is 0 Å². The number of anilines is 2. The largest absolute Gasteiger partial charge is 0.357 e. The zero-order chi connectivity index (χ0) is 21.5. The topological polar surface area (TPSA) is 62.1 Å². The maximum absolute atomic E-state index is 4.75. The van der Waals surface area contributed by atoms with E-state index in [1.165, 1.54) is 30.6 Å². The summed E-state index contributed by atoms with van der Waals surface area (Å²) in [6, 6.07) is 19.6. The van der Waals surface area contributed by atoms with Gasteiger partial charge in [0.15, 0.2) is 0 Å². The lowest BCUT2D eigenvalue weighted by Crippen LogP contribution is -2.25. The zero-order valence-electron chi connectivity index (χ0n) is 18.2. The fraction of sp³-hybridized carbons (Fsp3) is 0.320. The van der Waals surface area contributed by atoms with Gasteiger partial charge in [-0.3, -0.25) is 9.47 Å². The molecule has 0 radical (unpaired) electrons. The Bertz CT molecular complexity index is 1220. The number of fused-ring (bicyclic) bond motifs is 2. The summed E-state index contributed by atoms with van der Waals surface area (Å²) >= 11 is 0. The molecular weight excluding hydrogens is 398 g/mol. The third-order valence-electron chi connectivity index (χ3n) is 6.71. The van der Waals surface area contributed by atoms with Crippen molar-refractivity contribution in [2.75, 3.05) is 30.0 Å². The van der Waals surface area contributed by atoms with Crippen molar-refractivity contribution in [3.63, 3.8) is 0 Å². The van der Waals surface area contributed by atoms with Crippen molar-refractivity contribution >= 4 is 22.7 Å². The van der Waals surface area contributed by atoms with Crippen molar-refractivity contribution < 1.29 is 0 Å². The van der Waals surface area contributed by atoms with E-state index >= 15 is 0 Å². The summed E-state index contributed by atoms with van der Waals surface area (Å²) in [5, 5.41) is 3.41. The van der Waals surface area contributed by atoms with Crippen molar-refractivity contribution in [1.29, 1.82) is 0 Å². The lowest BCUT2D eigenvalue weighted by atomic mass is 10.1. The standard InChI is InChI=1S/C25H27N7/c1-18(19-6-3-2-4-7-19)28-25-26-12-11-24(29-25)32-16-27-22-14-20(9-10-23(22)32)31-15-21-8-5-13-30(21)17-31/h2-4,6-7,9-12,14,16,18,21H,5,8,13,15,17H2,1H3,(H,26,28,29). The van der Waals surface area contributed by atoms with Crippen LogP contribution in [-0.4, -0.2) is 50.2 Å². The first-order valence-electron chi connectivity index (χ1n) is 11.4. The smallest absolute Gasteiger partial charge is 0.225 e. The molecule has 0 spiro atoms. The first-order valence-corrected chi connectivity index (χ1v) is 11.4. The van der Waals surface area contributed by atoms with E-state index in [4.69, 9.17) is 4.98 Å². The van der Waals surface area contributed by atoms with E-state index in [1.807, 2.05) is 35.2 Å². The van der Waals surface area contributed by atoms with Crippen LogP contribution in [0.4, 0.5) is 11.6 Å². The Morgan fingerprint density at radius 2 is 1.97 bits per heavy atom. The van der Waals surface area contributed by atoms with E-state index < -0.39 is 0 Å². The molecule has 2 saturated heterocycles. The van der Waals surface area contributed by atoms with Crippen LogP contribution in [0.15, 0.2) is 67.1 Å². The highest BCUT2D eigenvalue weighted by Crippen LogP contribution is 2.30. The molecule has 7 heteroatoms. The number of nitrogens with zero attached hydrogens (tertiary/aromatic N) is 6. The zero-order valence-corrected chi connectivity index (χ0v) is 18.2. The van der Waals surface area contributed by atoms with Gasteiger partial charge in [-0.2, -0.15) is 4.98 Å². The van der Waals surface area contributed by atoms with Crippen molar-refractivity contribution in [1.82, 2.24) is 24.4 Å². The predicted molar refractivity (Wildman–Crippen MR) is 127 cm³/mol. The molecule has 1 N–H and O–H groups in total. The van der Waals surface area contributed by atoms with Crippen LogP contribution in [-0.2, 0) is 0 Å². The minimum atomic E-state index is 0.115. The van der Waals surface area contributed by atoms with Gasteiger partial charge in [-0.1, -0.05) is 30.3 Å². The molecule has 2 aromatic heterocycles. The second-order valence-corrected chi connectivity index (χ2v) is 8.77. The molecule has 7 nitrogen and oxygen atoms in total. The number of hydrogen-bond donors (Lipinski definition) is 1. The van der Waals surface area contributed by atoms with Gasteiger partial charge in [-0.05, 0) is 49.6 Å². The fourth-order valence-electron chi connectivity index (χ4n) is 4.96. The second kappa shape index (κ2) is 7.91. The van der Waals surface area contributed by atoms with Crippen LogP contribution >= 0.6 is 0 Å². The van der Waals surface area contributed by atoms with Crippen LogP contribution in [0.2, 0.25) is 0 Å². The van der Waals surface area contributed by atoms with Crippen molar-refractivity contribution in [3.05, 3.63) is 72.7 Å². The van der Waals surface area contributed by atoms with Crippen molar-refractivity contribution in [3.8, 4) is 5.82 Å². The Hall–Kier alpha value is -3.45. The van der Waals surface area contributed by atoms with Crippen LogP contribution in [0.1, 0.15) is 31.4 Å². The highest BCUT2D eigenvalue weighted by atomic mass is 15.4. The van der Waals surface area contributed by atoms with Gasteiger partial charge >= 0.3 is 0 Å². The summed E-state index contributed by atoms with van der Waals surface area (Å²) < 4.78 is 2.03. The minimum Gasteiger partial charge on any atom is -0.357 e. The third-order valence-corrected chi connectivity index (χ3v) is 6.71. The molecule has 2 aliphatic heterocycles. The van der Waals surface area contributed by atoms with Gasteiger partial charge in [-0.15, -0.1) is 0 Å². The molecule has 2 fully saturated rings. The van der Waals surface area contributed by atoms with E-state index in [0.717, 1.165) is 30.1 Å². The summed E-state index contributed by atoms with van der Waals surface area (Å²) in [5.74, 6) is 1.41. The molecule has 2 aliphatic rings. The van der Waals surface area contributed by atoms with Gasteiger partial charge < -0.3 is 10.2 Å². The average Bonchev–Trinajstić information content (AvgIpc) is 3.54. The maximum Gasteiger partial charge on any atom is 0.225 e. The molecule has 4 heterocycles. The van der Waals surface area contributed by atoms with Crippen LogP contribution in [0.5, 0.6) is 0 Å². The van der Waals surface area contributed by atoms with Crippen LogP contribution in [0.25, 0.3) is 16.9 Å². The molecule has 32 heavy (non-hydrogen) atoms.